The number of fused-ring (bicyclic) bond motifs is 1. The number of carbonyl (C=O) groups is 2. The molecule has 0 fully saturated rings. The van der Waals surface area contributed by atoms with Gasteiger partial charge in [0.15, 0.2) is 11.5 Å². The SMILES string of the molecule is CC(C)c1ccc(C(C(=O)NCC(=O)Nc2ccc3c(c2)OCO3)C(C)C)cc1. The smallest absolute Gasteiger partial charge is 0.243 e. The first-order valence-electron chi connectivity index (χ1n) is 9.92. The lowest BCUT2D eigenvalue weighted by Crippen LogP contribution is -2.37. The summed E-state index contributed by atoms with van der Waals surface area (Å²) >= 11 is 0. The summed E-state index contributed by atoms with van der Waals surface area (Å²) in [4.78, 5) is 25.1. The van der Waals surface area contributed by atoms with E-state index in [0.29, 0.717) is 23.1 Å². The van der Waals surface area contributed by atoms with Gasteiger partial charge in [0.1, 0.15) is 0 Å². The Morgan fingerprint density at radius 2 is 1.59 bits per heavy atom. The summed E-state index contributed by atoms with van der Waals surface area (Å²) in [6, 6.07) is 13.3. The van der Waals surface area contributed by atoms with Crippen LogP contribution in [0.15, 0.2) is 42.5 Å². The van der Waals surface area contributed by atoms with Gasteiger partial charge >= 0.3 is 0 Å². The van der Waals surface area contributed by atoms with Gasteiger partial charge in [-0.15, -0.1) is 0 Å². The topological polar surface area (TPSA) is 76.7 Å². The summed E-state index contributed by atoms with van der Waals surface area (Å²) < 4.78 is 10.6. The van der Waals surface area contributed by atoms with Crippen molar-refractivity contribution in [2.24, 2.45) is 5.92 Å². The molecule has 1 aliphatic heterocycles. The first-order valence-corrected chi connectivity index (χ1v) is 9.92. The first-order chi connectivity index (χ1) is 13.8. The molecule has 6 nitrogen and oxygen atoms in total. The Morgan fingerprint density at radius 3 is 2.24 bits per heavy atom. The van der Waals surface area contributed by atoms with E-state index in [1.165, 1.54) is 5.56 Å². The number of amides is 2. The number of hydrogen-bond acceptors (Lipinski definition) is 4. The molecular weight excluding hydrogens is 368 g/mol. The number of rotatable bonds is 7. The molecule has 0 saturated carbocycles. The van der Waals surface area contributed by atoms with Gasteiger partial charge in [-0.1, -0.05) is 52.0 Å². The van der Waals surface area contributed by atoms with E-state index in [1.807, 2.05) is 26.0 Å². The Hall–Kier alpha value is -3.02. The minimum atomic E-state index is -0.311. The van der Waals surface area contributed by atoms with Crippen molar-refractivity contribution >= 4 is 17.5 Å². The van der Waals surface area contributed by atoms with Crippen LogP contribution in [0.4, 0.5) is 5.69 Å². The Balaban J connectivity index is 1.59. The van der Waals surface area contributed by atoms with Crippen LogP contribution < -0.4 is 20.1 Å². The molecule has 6 heteroatoms. The maximum absolute atomic E-state index is 12.8. The van der Waals surface area contributed by atoms with Crippen molar-refractivity contribution in [3.8, 4) is 11.5 Å². The Morgan fingerprint density at radius 1 is 0.931 bits per heavy atom. The number of carbonyl (C=O) groups excluding carboxylic acids is 2. The fourth-order valence-corrected chi connectivity index (χ4v) is 3.38. The molecule has 0 aliphatic carbocycles. The Bertz CT molecular complexity index is 875. The molecule has 0 saturated heterocycles. The zero-order valence-electron chi connectivity index (χ0n) is 17.3. The summed E-state index contributed by atoms with van der Waals surface area (Å²) in [5.41, 5.74) is 2.79. The van der Waals surface area contributed by atoms with Crippen LogP contribution in [0.1, 0.15) is 50.7 Å². The maximum Gasteiger partial charge on any atom is 0.243 e. The van der Waals surface area contributed by atoms with Crippen LogP contribution in [-0.2, 0) is 9.59 Å². The van der Waals surface area contributed by atoms with Crippen molar-refractivity contribution in [2.45, 2.75) is 39.5 Å². The van der Waals surface area contributed by atoms with Crippen LogP contribution in [0.2, 0.25) is 0 Å². The summed E-state index contributed by atoms with van der Waals surface area (Å²) in [7, 11) is 0. The molecule has 2 amide bonds. The zero-order valence-corrected chi connectivity index (χ0v) is 17.3. The fraction of sp³-hybridized carbons (Fsp3) is 0.391. The molecule has 2 aromatic rings. The van der Waals surface area contributed by atoms with Gasteiger partial charge in [0.2, 0.25) is 18.6 Å². The van der Waals surface area contributed by atoms with Gasteiger partial charge in [0.25, 0.3) is 0 Å². The summed E-state index contributed by atoms with van der Waals surface area (Å²) in [6.45, 7) is 8.37. The average molecular weight is 396 g/mol. The molecular formula is C23H28N2O4. The Labute approximate surface area is 171 Å². The van der Waals surface area contributed by atoms with E-state index in [0.717, 1.165) is 5.56 Å². The van der Waals surface area contributed by atoms with Gasteiger partial charge in [0, 0.05) is 11.8 Å². The van der Waals surface area contributed by atoms with Crippen molar-refractivity contribution in [3.05, 3.63) is 53.6 Å². The van der Waals surface area contributed by atoms with E-state index in [1.54, 1.807) is 18.2 Å². The third-order valence-electron chi connectivity index (χ3n) is 4.99. The van der Waals surface area contributed by atoms with Crippen molar-refractivity contribution in [1.29, 1.82) is 0 Å². The van der Waals surface area contributed by atoms with Crippen LogP contribution in [0.5, 0.6) is 11.5 Å². The molecule has 1 heterocycles. The molecule has 1 atom stereocenters. The predicted molar refractivity (Wildman–Crippen MR) is 112 cm³/mol. The lowest BCUT2D eigenvalue weighted by atomic mass is 9.86. The molecule has 29 heavy (non-hydrogen) atoms. The van der Waals surface area contributed by atoms with Gasteiger partial charge in [-0.2, -0.15) is 0 Å². The van der Waals surface area contributed by atoms with E-state index in [4.69, 9.17) is 9.47 Å². The first kappa shape index (κ1) is 20.7. The van der Waals surface area contributed by atoms with E-state index >= 15 is 0 Å². The minimum absolute atomic E-state index is 0.0967. The quantitative estimate of drug-likeness (QED) is 0.741. The highest BCUT2D eigenvalue weighted by atomic mass is 16.7. The maximum atomic E-state index is 12.8. The van der Waals surface area contributed by atoms with Crippen molar-refractivity contribution < 1.29 is 19.1 Å². The van der Waals surface area contributed by atoms with Crippen LogP contribution in [0.25, 0.3) is 0 Å². The molecule has 1 aliphatic rings. The second-order valence-electron chi connectivity index (χ2n) is 7.88. The number of anilines is 1. The van der Waals surface area contributed by atoms with E-state index in [-0.39, 0.29) is 37.0 Å². The summed E-state index contributed by atoms with van der Waals surface area (Å²) in [6.07, 6.45) is 0. The molecule has 0 spiro atoms. The molecule has 0 aromatic heterocycles. The van der Waals surface area contributed by atoms with Gasteiger partial charge < -0.3 is 20.1 Å². The number of nitrogens with one attached hydrogen (secondary N) is 2. The number of hydrogen-bond donors (Lipinski definition) is 2. The molecule has 3 rings (SSSR count). The second kappa shape index (κ2) is 8.99. The highest BCUT2D eigenvalue weighted by Crippen LogP contribution is 2.34. The van der Waals surface area contributed by atoms with E-state index in [2.05, 4.69) is 36.6 Å². The van der Waals surface area contributed by atoms with Crippen LogP contribution >= 0.6 is 0 Å². The van der Waals surface area contributed by atoms with Crippen molar-refractivity contribution in [1.82, 2.24) is 5.32 Å². The lowest BCUT2D eigenvalue weighted by Gasteiger charge is -2.21. The molecule has 0 radical (unpaired) electrons. The van der Waals surface area contributed by atoms with Crippen molar-refractivity contribution in [2.75, 3.05) is 18.7 Å². The highest BCUT2D eigenvalue weighted by molar-refractivity contribution is 5.95. The van der Waals surface area contributed by atoms with Gasteiger partial charge in [-0.05, 0) is 35.1 Å². The van der Waals surface area contributed by atoms with Gasteiger partial charge in [-0.25, -0.2) is 0 Å². The zero-order chi connectivity index (χ0) is 21.0. The monoisotopic (exact) mass is 396 g/mol. The third-order valence-corrected chi connectivity index (χ3v) is 4.99. The third kappa shape index (κ3) is 5.08. The number of ether oxygens (including phenoxy) is 2. The molecule has 0 bridgehead atoms. The second-order valence-corrected chi connectivity index (χ2v) is 7.88. The number of benzene rings is 2. The highest BCUT2D eigenvalue weighted by Gasteiger charge is 2.24. The lowest BCUT2D eigenvalue weighted by molar-refractivity contribution is -0.126. The normalized spacial score (nSPS) is 13.4. The Kier molecular flexibility index (Phi) is 6.42. The van der Waals surface area contributed by atoms with Crippen LogP contribution in [0, 0.1) is 5.92 Å². The standard InChI is InChI=1S/C23H28N2O4/c1-14(2)16-5-7-17(8-6-16)22(15(3)4)23(27)24-12-21(26)25-18-9-10-19-20(11-18)29-13-28-19/h5-11,14-15,22H,12-13H2,1-4H3,(H,24,27)(H,25,26). The van der Waals surface area contributed by atoms with Crippen LogP contribution in [-0.4, -0.2) is 25.2 Å². The van der Waals surface area contributed by atoms with Gasteiger partial charge in [0.05, 0.1) is 12.5 Å². The average Bonchev–Trinajstić information content (AvgIpc) is 3.14. The summed E-state index contributed by atoms with van der Waals surface area (Å²) in [5.74, 6) is 1.03. The van der Waals surface area contributed by atoms with E-state index < -0.39 is 0 Å². The predicted octanol–water partition coefficient (Wildman–Crippen LogP) is 4.03. The largest absolute Gasteiger partial charge is 0.454 e. The molecule has 154 valence electrons. The van der Waals surface area contributed by atoms with E-state index in [9.17, 15) is 9.59 Å². The fourth-order valence-electron chi connectivity index (χ4n) is 3.38. The molecule has 2 aromatic carbocycles. The summed E-state index contributed by atoms with van der Waals surface area (Å²) in [5, 5.41) is 5.53. The van der Waals surface area contributed by atoms with Gasteiger partial charge in [-0.3, -0.25) is 9.59 Å². The minimum Gasteiger partial charge on any atom is -0.454 e. The van der Waals surface area contributed by atoms with Crippen molar-refractivity contribution in [3.63, 3.8) is 0 Å². The molecule has 2 N–H and O–H groups in total. The molecule has 1 unspecified atom stereocenters. The van der Waals surface area contributed by atoms with Crippen LogP contribution in [0.3, 0.4) is 0 Å².